The van der Waals surface area contributed by atoms with Gasteiger partial charge in [0.05, 0.1) is 38.0 Å². The lowest BCUT2D eigenvalue weighted by atomic mass is 9.81. The van der Waals surface area contributed by atoms with Gasteiger partial charge >= 0.3 is 0 Å². The van der Waals surface area contributed by atoms with E-state index in [-0.39, 0.29) is 0 Å². The summed E-state index contributed by atoms with van der Waals surface area (Å²) in [5.74, 6) is 1.40. The van der Waals surface area contributed by atoms with E-state index >= 15 is 0 Å². The molecule has 0 aliphatic carbocycles. The SMILES string of the molecule is Clc1cc(C(c2ccc(C(c3cc(Cl)c(O[Si](Cc4ccccc4)(Cc4ccccc4)Cc4ccccc4)c(Br)c3)c3cc(Cl)c(O[Si](Cc4ccccc4)(Cc4ccccc4)Cc4ccccc4)c(Br)c3)cc2)c2cc(Cl)c(O[Si](Cc3ccccc3)(Cc3ccccc3)Cc3ccccc3)c(Br)c2)cc(Br)c1O[Si](Cc1ccccc1)(Cc1ccccc1)Cc1ccccc1. The van der Waals surface area contributed by atoms with Gasteiger partial charge in [-0.1, -0.05) is 435 Å². The molecule has 17 rings (SSSR count). The van der Waals surface area contributed by atoms with Crippen LogP contribution in [0.4, 0.5) is 0 Å². The lowest BCUT2D eigenvalue weighted by Crippen LogP contribution is -2.50. The highest BCUT2D eigenvalue weighted by Crippen LogP contribution is 2.50. The Kier molecular flexibility index (Phi) is 31.5. The van der Waals surface area contributed by atoms with Crippen molar-refractivity contribution in [1.29, 1.82) is 0 Å². The molecule has 0 unspecified atom stereocenters. The minimum atomic E-state index is -3.00. The largest absolute Gasteiger partial charge is 0.541 e. The van der Waals surface area contributed by atoms with Crippen LogP contribution in [-0.2, 0) is 72.5 Å². The van der Waals surface area contributed by atoms with Gasteiger partial charge in [0.1, 0.15) is 23.0 Å². The summed E-state index contributed by atoms with van der Waals surface area (Å²) in [4.78, 5) is 0. The second-order valence-electron chi connectivity index (χ2n) is 34.9. The minimum Gasteiger partial charge on any atom is -0.541 e. The molecule has 0 saturated heterocycles. The van der Waals surface area contributed by atoms with Crippen LogP contribution < -0.4 is 17.7 Å². The zero-order chi connectivity index (χ0) is 90.7. The van der Waals surface area contributed by atoms with Crippen LogP contribution >= 0.6 is 110 Å². The molecular formula is C116H98Br4Cl4O4Si4. The van der Waals surface area contributed by atoms with E-state index in [9.17, 15) is 0 Å². The molecule has 16 heteroatoms. The van der Waals surface area contributed by atoms with E-state index < -0.39 is 45.1 Å². The Labute approximate surface area is 835 Å². The van der Waals surface area contributed by atoms with Crippen molar-refractivity contribution in [3.05, 3.63) is 575 Å². The van der Waals surface area contributed by atoms with Crippen molar-refractivity contribution in [2.75, 3.05) is 0 Å². The molecule has 0 radical (unpaired) electrons. The van der Waals surface area contributed by atoms with E-state index in [0.29, 0.717) is 43.1 Å². The van der Waals surface area contributed by atoms with Gasteiger partial charge in [0.2, 0.25) is 0 Å². The first-order valence-electron chi connectivity index (χ1n) is 44.7. The van der Waals surface area contributed by atoms with Gasteiger partial charge in [0.25, 0.3) is 33.3 Å². The third kappa shape index (κ3) is 24.3. The van der Waals surface area contributed by atoms with Crippen molar-refractivity contribution >= 4 is 143 Å². The Morgan fingerprint density at radius 2 is 0.288 bits per heavy atom. The Hall–Kier alpha value is -10.1. The summed E-state index contributed by atoms with van der Waals surface area (Å²) in [6.07, 6.45) is 0. The fourth-order valence-electron chi connectivity index (χ4n) is 19.1. The van der Waals surface area contributed by atoms with E-state index in [2.05, 4.69) is 500 Å². The molecule has 0 bridgehead atoms. The predicted octanol–water partition coefficient (Wildman–Crippen LogP) is 32.4. The highest BCUT2D eigenvalue weighted by Gasteiger charge is 2.45. The van der Waals surface area contributed by atoms with Crippen LogP contribution in [0.1, 0.15) is 112 Å². The standard InChI is InChI=1S/C116H98Br4Cl4O4Si4/c117-103-65-99(69-107(121)113(103)125-129(73-85-37-13-1-14-38-85,74-86-39-15-2-16-40-86)75-87-41-17-3-18-42-87)111(100-66-104(118)114(108(122)70-100)126-130(76-88-43-19-4-20-44-88,77-89-45-21-5-22-46-89)78-90-47-23-6-24-48-90)97-61-63-98(64-62-97)112(101-67-105(119)115(109(123)71-101)127-131(79-91-49-25-7-26-50-91,80-92-51-27-8-28-52-92)81-93-53-29-9-30-54-93)102-68-106(120)116(110(124)72-102)128-132(82-94-55-31-10-32-56-94,83-95-57-33-11-34-58-95)84-96-59-35-12-36-60-96/h1-72,111-112H,73-84H2. The topological polar surface area (TPSA) is 36.9 Å². The maximum atomic E-state index is 8.07. The van der Waals surface area contributed by atoms with Gasteiger partial charge in [-0.15, -0.1) is 0 Å². The molecule has 0 saturated carbocycles. The van der Waals surface area contributed by atoms with Crippen molar-refractivity contribution in [2.24, 2.45) is 0 Å². The first kappa shape index (κ1) is 93.7. The molecular weight excluding hydrogens is 2030 g/mol. The summed E-state index contributed by atoms with van der Waals surface area (Å²) in [5, 5.41) is 1.89. The van der Waals surface area contributed by atoms with Crippen molar-refractivity contribution < 1.29 is 17.7 Å². The number of hydrogen-bond donors (Lipinski definition) is 0. The normalized spacial score (nSPS) is 11.8. The third-order valence-electron chi connectivity index (χ3n) is 24.7. The summed E-state index contributed by atoms with van der Waals surface area (Å²) in [6, 6.07) is 164. The molecule has 658 valence electrons. The monoisotopic (exact) mass is 2120 g/mol. The lowest BCUT2D eigenvalue weighted by molar-refractivity contribution is 0.520. The average Bonchev–Trinajstić information content (AvgIpc) is 0.759. The zero-order valence-corrected chi connectivity index (χ0v) is 86.2. The van der Waals surface area contributed by atoms with Gasteiger partial charge in [-0.3, -0.25) is 0 Å². The van der Waals surface area contributed by atoms with E-state index in [4.69, 9.17) is 64.1 Å². The van der Waals surface area contributed by atoms with Gasteiger partial charge in [-0.25, -0.2) is 0 Å². The van der Waals surface area contributed by atoms with Crippen LogP contribution in [0.5, 0.6) is 23.0 Å². The lowest BCUT2D eigenvalue weighted by Gasteiger charge is -2.35. The molecule has 0 atom stereocenters. The first-order chi connectivity index (χ1) is 64.4. The highest BCUT2D eigenvalue weighted by atomic mass is 79.9. The van der Waals surface area contributed by atoms with Crippen LogP contribution in [0.25, 0.3) is 0 Å². The Bertz CT molecular complexity index is 5350. The van der Waals surface area contributed by atoms with Gasteiger partial charge in [-0.2, -0.15) is 0 Å². The molecule has 0 aliphatic rings. The molecule has 0 aliphatic heterocycles. The van der Waals surface area contributed by atoms with Crippen LogP contribution in [0.2, 0.25) is 20.1 Å². The molecule has 4 nitrogen and oxygen atoms in total. The van der Waals surface area contributed by atoms with E-state index in [0.717, 1.165) is 124 Å². The Morgan fingerprint density at radius 1 is 0.167 bits per heavy atom. The Morgan fingerprint density at radius 3 is 0.402 bits per heavy atom. The fraction of sp³-hybridized carbons (Fsp3) is 0.121. The molecule has 0 fully saturated rings. The molecule has 17 aromatic carbocycles. The van der Waals surface area contributed by atoms with Crippen LogP contribution in [0, 0.1) is 0 Å². The molecule has 0 aromatic heterocycles. The van der Waals surface area contributed by atoms with E-state index in [1.54, 1.807) is 0 Å². The second kappa shape index (κ2) is 44.4. The molecule has 132 heavy (non-hydrogen) atoms. The van der Waals surface area contributed by atoms with Crippen LogP contribution in [-0.4, -0.2) is 33.3 Å². The molecule has 0 spiro atoms. The quantitative estimate of drug-likeness (QED) is 0.0285. The average molecular weight is 2130 g/mol. The van der Waals surface area contributed by atoms with E-state index in [1.807, 2.05) is 0 Å². The fourth-order valence-corrected chi connectivity index (χ4v) is 40.4. The number of rotatable bonds is 38. The van der Waals surface area contributed by atoms with Crippen molar-refractivity contribution in [1.82, 2.24) is 0 Å². The summed E-state index contributed by atoms with van der Waals surface area (Å²) in [7, 11) is -12.0. The van der Waals surface area contributed by atoms with E-state index in [1.165, 1.54) is 66.8 Å². The Balaban J connectivity index is 0.827. The molecule has 0 N–H and O–H groups in total. The number of benzene rings is 17. The van der Waals surface area contributed by atoms with Crippen LogP contribution in [0.3, 0.4) is 0 Å². The minimum absolute atomic E-state index is 0.473. The molecule has 0 heterocycles. The van der Waals surface area contributed by atoms with Crippen molar-refractivity contribution in [3.8, 4) is 23.0 Å². The zero-order valence-electron chi connectivity index (χ0n) is 72.9. The van der Waals surface area contributed by atoms with Gasteiger partial charge in [-0.05, 0) is 212 Å². The summed E-state index contributed by atoms with van der Waals surface area (Å²) >= 11 is 49.2. The third-order valence-corrected chi connectivity index (χ3v) is 43.4. The smallest absolute Gasteiger partial charge is 0.264 e. The van der Waals surface area contributed by atoms with Crippen molar-refractivity contribution in [3.63, 3.8) is 0 Å². The number of hydrogen-bond acceptors (Lipinski definition) is 4. The summed E-state index contributed by atoms with van der Waals surface area (Å²) in [5.41, 5.74) is 20.0. The van der Waals surface area contributed by atoms with Gasteiger partial charge < -0.3 is 17.7 Å². The van der Waals surface area contributed by atoms with Crippen molar-refractivity contribution in [2.45, 2.75) is 84.4 Å². The molecule has 17 aromatic rings. The maximum Gasteiger partial charge on any atom is 0.264 e. The van der Waals surface area contributed by atoms with Gasteiger partial charge in [0.15, 0.2) is 0 Å². The first-order valence-corrected chi connectivity index (χ1v) is 59.5. The van der Waals surface area contributed by atoms with Crippen LogP contribution in [0.15, 0.2) is 455 Å². The number of halogens is 8. The van der Waals surface area contributed by atoms with Gasteiger partial charge in [0, 0.05) is 84.4 Å². The predicted molar refractivity (Wildman–Crippen MR) is 572 cm³/mol. The summed E-state index contributed by atoms with van der Waals surface area (Å²) in [6.45, 7) is 0. The maximum absolute atomic E-state index is 8.07. The molecule has 0 amide bonds. The second-order valence-corrected chi connectivity index (χ2v) is 54.4. The highest BCUT2D eigenvalue weighted by molar-refractivity contribution is 9.11. The summed E-state index contributed by atoms with van der Waals surface area (Å²) < 4.78 is 34.5.